The Morgan fingerprint density at radius 3 is 1.68 bits per heavy atom. The van der Waals surface area contributed by atoms with E-state index in [4.69, 9.17) is 47.4 Å². The van der Waals surface area contributed by atoms with Crippen molar-refractivity contribution in [3.8, 4) is 0 Å². The average Bonchev–Trinajstić information content (AvgIpc) is 0.679. The smallest absolute Gasteiger partial charge is 0.315 e. The minimum absolute atomic E-state index is 0.0600. The van der Waals surface area contributed by atoms with E-state index in [0.29, 0.717) is 57.8 Å². The fourth-order valence-electron chi connectivity index (χ4n) is 17.7. The highest BCUT2D eigenvalue weighted by molar-refractivity contribution is 5.79. The Morgan fingerprint density at radius 1 is 0.511 bits per heavy atom. The van der Waals surface area contributed by atoms with Gasteiger partial charge in [-0.15, -0.1) is 0 Å². The minimum Gasteiger partial charge on any atom is -0.432 e. The van der Waals surface area contributed by atoms with Crippen LogP contribution >= 0.6 is 0 Å². The molecule has 17 N–H and O–H groups in total. The number of carbonyl (C=O) groups excluding carboxylic acids is 1. The Kier molecular flexibility index (Phi) is 20.2. The number of carbonyl (C=O) groups is 1. The summed E-state index contributed by atoms with van der Waals surface area (Å²) in [7, 11) is 0. The molecular formula is C60H98O28. The largest absolute Gasteiger partial charge is 0.432 e. The van der Waals surface area contributed by atoms with Crippen molar-refractivity contribution < 1.29 is 139 Å². The number of esters is 1. The molecule has 28 heteroatoms. The zero-order chi connectivity index (χ0) is 64.3. The van der Waals surface area contributed by atoms with Crippen molar-refractivity contribution in [1.82, 2.24) is 0 Å². The summed E-state index contributed by atoms with van der Waals surface area (Å²) in [5, 5.41) is 184. The number of fused-ring (bicyclic) bond motifs is 7. The van der Waals surface area contributed by atoms with Gasteiger partial charge in [-0.3, -0.25) is 4.79 Å². The van der Waals surface area contributed by atoms with Gasteiger partial charge in [-0.05, 0) is 111 Å². The third kappa shape index (κ3) is 11.6. The van der Waals surface area contributed by atoms with Gasteiger partial charge in [0.05, 0.1) is 50.7 Å². The average molecular weight is 1270 g/mol. The SMILES string of the molecule is CC1OC(OC2C(CO)OC(OCC3OC(OC(=O)C45CCC(C)(C)CC4C4=CCC6C7(C)CCC(O)C(C)(COC8OC(CO)C(O)C(O)C8OC8OC(CO)C(O)C(O)C8O)C7CCC6(C)C4(C)CC5)C(O)C(O)C3O)C(O)C2O)C(O)C(O)C1O. The van der Waals surface area contributed by atoms with Crippen molar-refractivity contribution in [1.29, 1.82) is 0 Å². The first-order chi connectivity index (χ1) is 41.3. The first kappa shape index (κ1) is 69.0. The maximum Gasteiger partial charge on any atom is 0.315 e. The molecule has 0 spiro atoms. The van der Waals surface area contributed by atoms with Gasteiger partial charge in [0.15, 0.2) is 25.2 Å². The summed E-state index contributed by atoms with van der Waals surface area (Å²) in [4.78, 5) is 15.3. The van der Waals surface area contributed by atoms with Crippen LogP contribution in [-0.2, 0) is 52.2 Å². The fourth-order valence-corrected chi connectivity index (χ4v) is 17.7. The summed E-state index contributed by atoms with van der Waals surface area (Å²) >= 11 is 0. The molecule has 34 atom stereocenters. The molecule has 0 aromatic heterocycles. The van der Waals surface area contributed by atoms with E-state index in [1.165, 1.54) is 6.92 Å². The van der Waals surface area contributed by atoms with Crippen LogP contribution in [0.25, 0.3) is 0 Å². The van der Waals surface area contributed by atoms with E-state index in [-0.39, 0.29) is 35.2 Å². The standard InChI is InChI=1S/C60H98O28/c1-24-34(65)38(69)43(74)50(81-24)86-47-29(21-63)84-49(46(77)42(47)73)79-22-30-37(68)40(71)45(76)52(85-30)88-54(78)60-16-14-55(2,3)18-26(60)25-8-9-32-56(4)12-11-33(64)57(5,31(56)10-13-59(32,7)58(25,6)15-17-60)23-80-53-48(41(72)36(67)28(20-62)83-53)87-51-44(75)39(70)35(66)27(19-61)82-51/h8,24,26-53,61-77H,9-23H2,1-7H3. The van der Waals surface area contributed by atoms with Crippen LogP contribution < -0.4 is 0 Å². The number of hydrogen-bond acceptors (Lipinski definition) is 28. The van der Waals surface area contributed by atoms with E-state index < -0.39 is 214 Å². The summed E-state index contributed by atoms with van der Waals surface area (Å²) in [6.07, 6.45) is -34.1. The van der Waals surface area contributed by atoms with Crippen molar-refractivity contribution >= 4 is 5.97 Å². The van der Waals surface area contributed by atoms with Gasteiger partial charge >= 0.3 is 5.97 Å². The highest BCUT2D eigenvalue weighted by Gasteiger charge is 2.71. The number of allylic oxidation sites excluding steroid dienone is 2. The molecular weight excluding hydrogens is 1170 g/mol. The molecule has 28 nitrogen and oxygen atoms in total. The Morgan fingerprint density at radius 2 is 1.03 bits per heavy atom. The predicted octanol–water partition coefficient (Wildman–Crippen LogP) is -4.21. The van der Waals surface area contributed by atoms with Crippen molar-refractivity contribution in [2.45, 2.75) is 272 Å². The second-order valence-electron chi connectivity index (χ2n) is 29.0. The monoisotopic (exact) mass is 1270 g/mol. The van der Waals surface area contributed by atoms with Crippen LogP contribution in [-0.4, -0.2) is 285 Å². The molecule has 10 aliphatic rings. The normalized spacial score (nSPS) is 54.6. The lowest BCUT2D eigenvalue weighted by molar-refractivity contribution is -0.371. The summed E-state index contributed by atoms with van der Waals surface area (Å²) in [5.41, 5.74) is -2.30. The Hall–Kier alpha value is -1.83. The molecule has 0 bridgehead atoms. The van der Waals surface area contributed by atoms with Gasteiger partial charge in [-0.1, -0.05) is 53.2 Å². The van der Waals surface area contributed by atoms with Crippen LogP contribution in [0.15, 0.2) is 11.6 Å². The van der Waals surface area contributed by atoms with E-state index in [9.17, 15) is 86.8 Å². The second-order valence-corrected chi connectivity index (χ2v) is 29.0. The maximum absolute atomic E-state index is 15.3. The van der Waals surface area contributed by atoms with E-state index in [1.54, 1.807) is 0 Å². The Balaban J connectivity index is 0.839. The molecule has 0 amide bonds. The molecule has 0 radical (unpaired) electrons. The molecule has 4 saturated carbocycles. The van der Waals surface area contributed by atoms with Crippen molar-refractivity contribution in [3.63, 3.8) is 0 Å². The zero-order valence-electron chi connectivity index (χ0n) is 51.0. The Labute approximate surface area is 510 Å². The van der Waals surface area contributed by atoms with Crippen LogP contribution in [0.1, 0.15) is 113 Å². The molecule has 0 aromatic rings. The lowest BCUT2D eigenvalue weighted by Crippen LogP contribution is -2.67. The number of ether oxygens (including phenoxy) is 10. The van der Waals surface area contributed by atoms with E-state index >= 15 is 4.79 Å². The first-order valence-corrected chi connectivity index (χ1v) is 31.4. The van der Waals surface area contributed by atoms with Gasteiger partial charge in [-0.25, -0.2) is 0 Å². The molecule has 5 saturated heterocycles. The third-order valence-electron chi connectivity index (χ3n) is 23.6. The van der Waals surface area contributed by atoms with Crippen LogP contribution in [0, 0.1) is 50.2 Å². The molecule has 9 fully saturated rings. The highest BCUT2D eigenvalue weighted by Crippen LogP contribution is 2.76. The number of aliphatic hydroxyl groups is 17. The lowest BCUT2D eigenvalue weighted by atomic mass is 9.33. The molecule has 5 aliphatic heterocycles. The molecule has 506 valence electrons. The quantitative estimate of drug-likeness (QED) is 0.0546. The van der Waals surface area contributed by atoms with Gasteiger partial charge in [0, 0.05) is 5.41 Å². The molecule has 34 unspecified atom stereocenters. The third-order valence-corrected chi connectivity index (χ3v) is 23.6. The first-order valence-electron chi connectivity index (χ1n) is 31.4. The molecule has 5 aliphatic carbocycles. The fraction of sp³-hybridized carbons (Fsp3) is 0.950. The summed E-state index contributed by atoms with van der Waals surface area (Å²) in [5.74, 6) is -1.06. The van der Waals surface area contributed by atoms with Crippen LogP contribution in [0.2, 0.25) is 0 Å². The van der Waals surface area contributed by atoms with Gasteiger partial charge in [0.1, 0.15) is 116 Å². The van der Waals surface area contributed by atoms with E-state index in [2.05, 4.69) is 40.7 Å². The van der Waals surface area contributed by atoms with Crippen molar-refractivity contribution in [3.05, 3.63) is 11.6 Å². The van der Waals surface area contributed by atoms with Crippen molar-refractivity contribution in [2.24, 2.45) is 50.2 Å². The topological polar surface area (TPSA) is 453 Å². The number of rotatable bonds is 15. The Bertz CT molecular complexity index is 2440. The van der Waals surface area contributed by atoms with Crippen molar-refractivity contribution in [2.75, 3.05) is 33.0 Å². The van der Waals surface area contributed by atoms with Gasteiger partial charge in [0.2, 0.25) is 6.29 Å². The minimum atomic E-state index is -1.92. The predicted molar refractivity (Wildman–Crippen MR) is 295 cm³/mol. The molecule has 88 heavy (non-hydrogen) atoms. The van der Waals surface area contributed by atoms with Crippen LogP contribution in [0.3, 0.4) is 0 Å². The molecule has 5 heterocycles. The molecule has 10 rings (SSSR count). The second kappa shape index (κ2) is 25.7. The zero-order valence-corrected chi connectivity index (χ0v) is 51.0. The number of hydrogen-bond donors (Lipinski definition) is 17. The summed E-state index contributed by atoms with van der Waals surface area (Å²) in [6.45, 7) is 11.5. The lowest BCUT2D eigenvalue weighted by Gasteiger charge is -2.71. The summed E-state index contributed by atoms with van der Waals surface area (Å²) in [6, 6.07) is 0. The maximum atomic E-state index is 15.3. The van der Waals surface area contributed by atoms with Crippen LogP contribution in [0.4, 0.5) is 0 Å². The van der Waals surface area contributed by atoms with Gasteiger partial charge < -0.3 is 134 Å². The van der Waals surface area contributed by atoms with E-state index in [1.807, 2.05) is 6.92 Å². The van der Waals surface area contributed by atoms with Gasteiger partial charge in [-0.2, -0.15) is 0 Å². The number of aliphatic hydroxyl groups excluding tert-OH is 17. The van der Waals surface area contributed by atoms with Gasteiger partial charge in [0.25, 0.3) is 0 Å². The summed E-state index contributed by atoms with van der Waals surface area (Å²) < 4.78 is 59.0. The molecule has 0 aromatic carbocycles. The van der Waals surface area contributed by atoms with Crippen LogP contribution in [0.5, 0.6) is 0 Å². The van der Waals surface area contributed by atoms with E-state index in [0.717, 1.165) is 12.0 Å². The highest BCUT2D eigenvalue weighted by atomic mass is 16.8.